The van der Waals surface area contributed by atoms with Crippen molar-refractivity contribution in [2.24, 2.45) is 39.6 Å². The summed E-state index contributed by atoms with van der Waals surface area (Å²) in [6, 6.07) is 4.36. The molecular weight excluding hydrogens is 446 g/mol. The van der Waals surface area contributed by atoms with Gasteiger partial charge in [-0.25, -0.2) is 0 Å². The monoisotopic (exact) mass is 483 g/mol. The van der Waals surface area contributed by atoms with Gasteiger partial charge in [-0.2, -0.15) is 0 Å². The Morgan fingerprint density at radius 1 is 1.17 bits per heavy atom. The van der Waals surface area contributed by atoms with Crippen LogP contribution in [0.1, 0.15) is 71.6 Å². The van der Waals surface area contributed by atoms with Crippen molar-refractivity contribution in [3.8, 4) is 0 Å². The molecule has 4 aliphatic carbocycles. The van der Waals surface area contributed by atoms with Crippen LogP contribution in [0.4, 0.5) is 17.1 Å². The molecule has 8 atom stereocenters. The Bertz CT molecular complexity index is 1060. The van der Waals surface area contributed by atoms with Crippen LogP contribution in [0, 0.1) is 44.6 Å². The number of benzene rings is 1. The molecule has 0 bridgehead atoms. The summed E-state index contributed by atoms with van der Waals surface area (Å²) in [6.45, 7) is 4.96. The number of anilines is 1. The number of nitro benzene ring substituents is 1. The smallest absolute Gasteiger partial charge is 0.292 e. The second-order valence-corrected chi connectivity index (χ2v) is 12.1. The molecule has 3 N–H and O–H groups in total. The van der Waals surface area contributed by atoms with Gasteiger partial charge in [-0.3, -0.25) is 10.1 Å². The molecular formula is C26H37N5O4. The first-order valence-corrected chi connectivity index (χ1v) is 13.1. The summed E-state index contributed by atoms with van der Waals surface area (Å²) in [4.78, 5) is 13.8. The van der Waals surface area contributed by atoms with Crippen LogP contribution in [0.3, 0.4) is 0 Å². The number of aliphatic hydroxyl groups excluding tert-OH is 1. The van der Waals surface area contributed by atoms with Crippen molar-refractivity contribution < 1.29 is 15.1 Å². The molecule has 35 heavy (non-hydrogen) atoms. The molecule has 0 amide bonds. The van der Waals surface area contributed by atoms with Gasteiger partial charge in [0.05, 0.1) is 16.6 Å². The van der Waals surface area contributed by atoms with E-state index in [1.165, 1.54) is 18.9 Å². The second-order valence-electron chi connectivity index (χ2n) is 12.1. The van der Waals surface area contributed by atoms with Crippen LogP contribution in [-0.4, -0.2) is 33.4 Å². The van der Waals surface area contributed by atoms with Crippen molar-refractivity contribution in [3.63, 3.8) is 0 Å². The molecule has 1 aromatic rings. The maximum atomic E-state index is 12.0. The minimum absolute atomic E-state index is 0.147. The van der Waals surface area contributed by atoms with Crippen molar-refractivity contribution in [3.05, 3.63) is 38.8 Å². The highest BCUT2D eigenvalue weighted by atomic mass is 16.6. The van der Waals surface area contributed by atoms with Crippen LogP contribution in [0.5, 0.6) is 0 Å². The fourth-order valence-electron chi connectivity index (χ4n) is 8.81. The van der Waals surface area contributed by atoms with Crippen molar-refractivity contribution >= 4 is 17.1 Å². The SMILES string of the molecule is C[C@]12CC[C@H](O)C[C@@H]1CC[C@@H]1[C@@H]2CC[C@@]2(C)[C@H]1CC[C@@]2(O)CNc1ccc(N=[N+]=[N-])cc1[N+](=O)[O-]. The Morgan fingerprint density at radius 3 is 2.69 bits per heavy atom. The third-order valence-electron chi connectivity index (χ3n) is 10.9. The topological polar surface area (TPSA) is 144 Å². The molecule has 190 valence electrons. The summed E-state index contributed by atoms with van der Waals surface area (Å²) in [5.41, 5.74) is 8.10. The molecule has 0 radical (unpaired) electrons. The van der Waals surface area contributed by atoms with Crippen LogP contribution >= 0.6 is 0 Å². The van der Waals surface area contributed by atoms with Gasteiger partial charge in [0.1, 0.15) is 5.69 Å². The van der Waals surface area contributed by atoms with Crippen molar-refractivity contribution in [2.75, 3.05) is 11.9 Å². The standard InChI is InChI=1S/C26H37N5O4/c1-24-10-7-18(32)13-16(24)3-5-19-20(24)8-11-25(2)21(19)9-12-26(25,33)15-28-22-6-4-17(29-30-27)14-23(22)31(34)35/h4,6,14,16,18-21,28,32-33H,3,5,7-13,15H2,1-2H3/t16-,18-,19+,20-,21-,24-,25-,26+/m0/s1. The average Bonchev–Trinajstić information content (AvgIpc) is 3.09. The van der Waals surface area contributed by atoms with Gasteiger partial charge in [0.25, 0.3) is 5.69 Å². The highest BCUT2D eigenvalue weighted by Crippen LogP contribution is 2.68. The molecule has 0 aromatic heterocycles. The van der Waals surface area contributed by atoms with E-state index in [9.17, 15) is 20.3 Å². The van der Waals surface area contributed by atoms with E-state index in [0.29, 0.717) is 35.8 Å². The fourth-order valence-corrected chi connectivity index (χ4v) is 8.81. The van der Waals surface area contributed by atoms with Crippen LogP contribution in [-0.2, 0) is 0 Å². The van der Waals surface area contributed by atoms with Crippen molar-refractivity contribution in [2.45, 2.75) is 83.3 Å². The first-order valence-electron chi connectivity index (χ1n) is 13.1. The molecule has 0 heterocycles. The summed E-state index contributed by atoms with van der Waals surface area (Å²) in [7, 11) is 0. The summed E-state index contributed by atoms with van der Waals surface area (Å²) in [6.07, 6.45) is 8.87. The number of hydrogen-bond donors (Lipinski definition) is 3. The highest BCUT2D eigenvalue weighted by Gasteiger charge is 2.64. The highest BCUT2D eigenvalue weighted by molar-refractivity contribution is 5.66. The minimum Gasteiger partial charge on any atom is -0.393 e. The van der Waals surface area contributed by atoms with E-state index in [1.54, 1.807) is 12.1 Å². The quantitative estimate of drug-likeness (QED) is 0.153. The van der Waals surface area contributed by atoms with Crippen LogP contribution in [0.2, 0.25) is 0 Å². The lowest BCUT2D eigenvalue weighted by Gasteiger charge is -2.61. The summed E-state index contributed by atoms with van der Waals surface area (Å²) < 4.78 is 0. The lowest BCUT2D eigenvalue weighted by Crippen LogP contribution is -2.58. The summed E-state index contributed by atoms with van der Waals surface area (Å²) >= 11 is 0. The Labute approximate surface area is 206 Å². The molecule has 4 aliphatic rings. The van der Waals surface area contributed by atoms with Crippen molar-refractivity contribution in [1.29, 1.82) is 0 Å². The van der Waals surface area contributed by atoms with Gasteiger partial charge in [-0.15, -0.1) is 0 Å². The number of fused-ring (bicyclic) bond motifs is 5. The second kappa shape index (κ2) is 8.64. The maximum Gasteiger partial charge on any atom is 0.292 e. The Balaban J connectivity index is 1.35. The van der Waals surface area contributed by atoms with E-state index < -0.39 is 10.5 Å². The third kappa shape index (κ3) is 3.79. The normalized spacial score (nSPS) is 42.2. The maximum absolute atomic E-state index is 12.0. The molecule has 4 fully saturated rings. The molecule has 9 nitrogen and oxygen atoms in total. The van der Waals surface area contributed by atoms with Gasteiger partial charge in [-0.05, 0) is 98.5 Å². The van der Waals surface area contributed by atoms with Gasteiger partial charge in [-0.1, -0.05) is 25.0 Å². The van der Waals surface area contributed by atoms with E-state index >= 15 is 0 Å². The van der Waals surface area contributed by atoms with E-state index in [4.69, 9.17) is 5.53 Å². The number of nitro groups is 1. The first kappa shape index (κ1) is 24.3. The van der Waals surface area contributed by atoms with E-state index in [2.05, 4.69) is 29.2 Å². The zero-order chi connectivity index (χ0) is 25.0. The summed E-state index contributed by atoms with van der Waals surface area (Å²) in [5.74, 6) is 2.29. The van der Waals surface area contributed by atoms with E-state index in [1.807, 2.05) is 0 Å². The number of hydrogen-bond acceptors (Lipinski definition) is 6. The fraction of sp³-hybridized carbons (Fsp3) is 0.769. The first-order chi connectivity index (χ1) is 16.6. The van der Waals surface area contributed by atoms with Crippen LogP contribution in [0.15, 0.2) is 23.3 Å². The number of nitrogens with one attached hydrogen (secondary N) is 1. The Kier molecular flexibility index (Phi) is 6.01. The van der Waals surface area contributed by atoms with Gasteiger partial charge < -0.3 is 15.5 Å². The van der Waals surface area contributed by atoms with Crippen LogP contribution < -0.4 is 5.32 Å². The van der Waals surface area contributed by atoms with Gasteiger partial charge >= 0.3 is 0 Å². The summed E-state index contributed by atoms with van der Waals surface area (Å²) in [5, 5.41) is 40.5. The molecule has 0 unspecified atom stereocenters. The van der Waals surface area contributed by atoms with Crippen LogP contribution in [0.25, 0.3) is 10.4 Å². The number of rotatable bonds is 5. The minimum atomic E-state index is -0.944. The molecule has 0 aliphatic heterocycles. The average molecular weight is 484 g/mol. The number of aliphatic hydroxyl groups is 2. The Hall–Kier alpha value is -2.35. The van der Waals surface area contributed by atoms with E-state index in [0.717, 1.165) is 38.5 Å². The predicted molar refractivity (Wildman–Crippen MR) is 133 cm³/mol. The Morgan fingerprint density at radius 2 is 1.94 bits per heavy atom. The third-order valence-corrected chi connectivity index (χ3v) is 10.9. The lowest BCUT2D eigenvalue weighted by atomic mass is 9.44. The molecule has 5 rings (SSSR count). The molecule has 0 saturated heterocycles. The van der Waals surface area contributed by atoms with Gasteiger partial charge in [0.2, 0.25) is 0 Å². The molecule has 9 heteroatoms. The lowest BCUT2D eigenvalue weighted by molar-refractivity contribution is -0.383. The molecule has 0 spiro atoms. The predicted octanol–water partition coefficient (Wildman–Crippen LogP) is 6.08. The molecule has 4 saturated carbocycles. The van der Waals surface area contributed by atoms with E-state index in [-0.39, 0.29) is 34.9 Å². The largest absolute Gasteiger partial charge is 0.393 e. The van der Waals surface area contributed by atoms with Crippen molar-refractivity contribution in [1.82, 2.24) is 0 Å². The van der Waals surface area contributed by atoms with Gasteiger partial charge in [0, 0.05) is 28.6 Å². The number of azide groups is 1. The number of nitrogens with zero attached hydrogens (tertiary/aromatic N) is 4. The zero-order valence-electron chi connectivity index (χ0n) is 20.7. The van der Waals surface area contributed by atoms with Gasteiger partial charge in [0.15, 0.2) is 0 Å². The molecule has 1 aromatic carbocycles. The zero-order valence-corrected chi connectivity index (χ0v) is 20.7.